The second-order valence-electron chi connectivity index (χ2n) is 7.23. The number of carbonyl (C=O) groups is 1. The van der Waals surface area contributed by atoms with Crippen molar-refractivity contribution >= 4 is 33.2 Å². The number of sulfonamides is 1. The minimum atomic E-state index is -3.76. The third-order valence-electron chi connectivity index (χ3n) is 5.20. The molecule has 0 spiro atoms. The smallest absolute Gasteiger partial charge is 0.261 e. The molecule has 1 aliphatic carbocycles. The van der Waals surface area contributed by atoms with Gasteiger partial charge in [-0.2, -0.15) is 0 Å². The van der Waals surface area contributed by atoms with Gasteiger partial charge in [0.2, 0.25) is 0 Å². The van der Waals surface area contributed by atoms with Gasteiger partial charge in [0.25, 0.3) is 15.9 Å². The van der Waals surface area contributed by atoms with Crippen LogP contribution in [0.4, 0.5) is 5.69 Å². The van der Waals surface area contributed by atoms with E-state index in [1.165, 1.54) is 29.8 Å². The number of amides is 1. The average Bonchev–Trinajstić information content (AvgIpc) is 2.76. The summed E-state index contributed by atoms with van der Waals surface area (Å²) in [6.45, 7) is 0. The van der Waals surface area contributed by atoms with E-state index in [0.29, 0.717) is 5.56 Å². The van der Waals surface area contributed by atoms with Crippen molar-refractivity contribution in [1.82, 2.24) is 5.32 Å². The number of aryl methyl sites for hydroxylation is 1. The first-order chi connectivity index (χ1) is 14.4. The van der Waals surface area contributed by atoms with Crippen molar-refractivity contribution in [2.75, 3.05) is 4.72 Å². The molecule has 0 aromatic heterocycles. The zero-order valence-corrected chi connectivity index (χ0v) is 17.7. The Kier molecular flexibility index (Phi) is 5.79. The number of hydrogen-bond donors (Lipinski definition) is 2. The van der Waals surface area contributed by atoms with Gasteiger partial charge in [0, 0.05) is 5.56 Å². The molecule has 0 saturated heterocycles. The van der Waals surface area contributed by atoms with Crippen LogP contribution >= 0.6 is 11.6 Å². The lowest BCUT2D eigenvalue weighted by atomic mass is 9.87. The molecule has 0 fully saturated rings. The highest BCUT2D eigenvalue weighted by Crippen LogP contribution is 2.30. The number of nitrogens with one attached hydrogen (secondary N) is 2. The van der Waals surface area contributed by atoms with Crippen molar-refractivity contribution in [2.24, 2.45) is 0 Å². The van der Waals surface area contributed by atoms with Gasteiger partial charge < -0.3 is 5.32 Å². The number of anilines is 1. The van der Waals surface area contributed by atoms with Crippen molar-refractivity contribution in [1.29, 1.82) is 0 Å². The van der Waals surface area contributed by atoms with E-state index in [1.807, 2.05) is 18.2 Å². The fourth-order valence-corrected chi connectivity index (χ4v) is 5.07. The van der Waals surface area contributed by atoms with Crippen LogP contribution in [0.3, 0.4) is 0 Å². The van der Waals surface area contributed by atoms with Crippen molar-refractivity contribution in [3.05, 3.63) is 94.5 Å². The number of rotatable bonds is 5. The fourth-order valence-electron chi connectivity index (χ4n) is 3.69. The molecule has 1 amide bonds. The van der Waals surface area contributed by atoms with Crippen LogP contribution in [-0.4, -0.2) is 14.3 Å². The first-order valence-corrected chi connectivity index (χ1v) is 11.6. The largest absolute Gasteiger partial charge is 0.345 e. The maximum atomic E-state index is 12.8. The summed E-state index contributed by atoms with van der Waals surface area (Å²) in [4.78, 5) is 12.9. The van der Waals surface area contributed by atoms with Gasteiger partial charge in [0.1, 0.15) is 0 Å². The Balaban J connectivity index is 1.50. The summed E-state index contributed by atoms with van der Waals surface area (Å²) in [6, 6.07) is 20.7. The molecule has 30 heavy (non-hydrogen) atoms. The van der Waals surface area contributed by atoms with Gasteiger partial charge in [-0.15, -0.1) is 0 Å². The molecule has 3 aromatic rings. The molecule has 0 radical (unpaired) electrons. The van der Waals surface area contributed by atoms with Crippen molar-refractivity contribution in [3.8, 4) is 0 Å². The Hall–Kier alpha value is -2.83. The van der Waals surface area contributed by atoms with Gasteiger partial charge in [0.15, 0.2) is 0 Å². The van der Waals surface area contributed by atoms with Gasteiger partial charge in [-0.25, -0.2) is 8.42 Å². The predicted octanol–water partition coefficient (Wildman–Crippen LogP) is 4.95. The van der Waals surface area contributed by atoms with Crippen molar-refractivity contribution in [2.45, 2.75) is 30.2 Å². The molecule has 0 bridgehead atoms. The third-order valence-corrected chi connectivity index (χ3v) is 6.90. The monoisotopic (exact) mass is 440 g/mol. The van der Waals surface area contributed by atoms with E-state index < -0.39 is 10.0 Å². The lowest BCUT2D eigenvalue weighted by molar-refractivity contribution is 0.0933. The van der Waals surface area contributed by atoms with Crippen molar-refractivity contribution < 1.29 is 13.2 Å². The lowest BCUT2D eigenvalue weighted by Gasteiger charge is -2.26. The molecule has 154 valence electrons. The van der Waals surface area contributed by atoms with Crippen molar-refractivity contribution in [3.63, 3.8) is 0 Å². The molecule has 0 saturated carbocycles. The minimum Gasteiger partial charge on any atom is -0.345 e. The van der Waals surface area contributed by atoms with Crippen LogP contribution in [0.15, 0.2) is 77.7 Å². The minimum absolute atomic E-state index is 0.0440. The molecule has 1 aliphatic rings. The molecule has 2 N–H and O–H groups in total. The maximum absolute atomic E-state index is 12.8. The number of halogens is 1. The highest BCUT2D eigenvalue weighted by atomic mass is 35.5. The topological polar surface area (TPSA) is 75.3 Å². The van der Waals surface area contributed by atoms with Crippen LogP contribution in [0.2, 0.25) is 5.02 Å². The van der Waals surface area contributed by atoms with E-state index in [-0.39, 0.29) is 27.6 Å². The van der Waals surface area contributed by atoms with Gasteiger partial charge in [0.05, 0.1) is 21.6 Å². The molecule has 7 heteroatoms. The van der Waals surface area contributed by atoms with Gasteiger partial charge in [-0.3, -0.25) is 9.52 Å². The fraction of sp³-hybridized carbons (Fsp3) is 0.174. The molecule has 0 unspecified atom stereocenters. The van der Waals surface area contributed by atoms with Gasteiger partial charge >= 0.3 is 0 Å². The molecular weight excluding hydrogens is 420 g/mol. The molecule has 1 atom stereocenters. The van der Waals surface area contributed by atoms with Gasteiger partial charge in [-0.05, 0) is 60.7 Å². The summed E-state index contributed by atoms with van der Waals surface area (Å²) >= 11 is 6.28. The predicted molar refractivity (Wildman–Crippen MR) is 118 cm³/mol. The van der Waals surface area contributed by atoms with Gasteiger partial charge in [-0.1, -0.05) is 54.1 Å². The number of fused-ring (bicyclic) bond motifs is 1. The summed E-state index contributed by atoms with van der Waals surface area (Å²) in [6.07, 6.45) is 2.92. The first kappa shape index (κ1) is 20.4. The first-order valence-electron chi connectivity index (χ1n) is 9.70. The quantitative estimate of drug-likeness (QED) is 0.589. The Labute approximate surface area is 181 Å². The van der Waals surface area contributed by atoms with E-state index in [9.17, 15) is 13.2 Å². The van der Waals surface area contributed by atoms with Crippen LogP contribution in [0.25, 0.3) is 0 Å². The standard InChI is InChI=1S/C23H21ClN2O3S/c24-20-15-17(13-14-22(20)26-30(28,29)18-9-2-1-3-10-18)23(27)25-21-12-6-8-16-7-4-5-11-19(16)21/h1-5,7,9-11,13-15,21,26H,6,8,12H2,(H,25,27)/t21-/m1/s1. The molecular formula is C23H21ClN2O3S. The summed E-state index contributed by atoms with van der Waals surface area (Å²) in [7, 11) is -3.76. The number of carbonyl (C=O) groups excluding carboxylic acids is 1. The highest BCUT2D eigenvalue weighted by molar-refractivity contribution is 7.92. The second kappa shape index (κ2) is 8.50. The zero-order chi connectivity index (χ0) is 21.1. The van der Waals surface area contributed by atoms with Crippen LogP contribution < -0.4 is 10.0 Å². The van der Waals surface area contributed by atoms with E-state index in [4.69, 9.17) is 11.6 Å². The summed E-state index contributed by atoms with van der Waals surface area (Å²) in [5, 5.41) is 3.23. The average molecular weight is 441 g/mol. The van der Waals surface area contributed by atoms with Crippen LogP contribution in [0, 0.1) is 0 Å². The zero-order valence-electron chi connectivity index (χ0n) is 16.1. The lowest BCUT2D eigenvalue weighted by Crippen LogP contribution is -2.31. The Bertz CT molecular complexity index is 1180. The summed E-state index contributed by atoms with van der Waals surface area (Å²) in [5.74, 6) is -0.240. The normalized spacial score (nSPS) is 15.8. The second-order valence-corrected chi connectivity index (χ2v) is 9.32. The Morgan fingerprint density at radius 2 is 1.70 bits per heavy atom. The summed E-state index contributed by atoms with van der Waals surface area (Å²) < 4.78 is 27.5. The molecule has 5 nitrogen and oxygen atoms in total. The molecule has 4 rings (SSSR count). The summed E-state index contributed by atoms with van der Waals surface area (Å²) in [5.41, 5.74) is 3.01. The Morgan fingerprint density at radius 3 is 2.47 bits per heavy atom. The molecule has 0 aliphatic heterocycles. The third kappa shape index (κ3) is 4.35. The maximum Gasteiger partial charge on any atom is 0.261 e. The van der Waals surface area contributed by atoms with E-state index in [2.05, 4.69) is 16.1 Å². The van der Waals surface area contributed by atoms with E-state index in [0.717, 1.165) is 24.8 Å². The SMILES string of the molecule is O=C(N[C@@H]1CCCc2ccccc21)c1ccc(NS(=O)(=O)c2ccccc2)c(Cl)c1. The highest BCUT2D eigenvalue weighted by Gasteiger charge is 2.22. The van der Waals surface area contributed by atoms with Crippen LogP contribution in [0.5, 0.6) is 0 Å². The molecule has 3 aromatic carbocycles. The van der Waals surface area contributed by atoms with Crippen LogP contribution in [-0.2, 0) is 16.4 Å². The number of hydrogen-bond acceptors (Lipinski definition) is 3. The van der Waals surface area contributed by atoms with Crippen LogP contribution in [0.1, 0.15) is 40.4 Å². The number of benzene rings is 3. The van der Waals surface area contributed by atoms with E-state index >= 15 is 0 Å². The van der Waals surface area contributed by atoms with E-state index in [1.54, 1.807) is 24.3 Å². The molecule has 0 heterocycles. The Morgan fingerprint density at radius 1 is 0.967 bits per heavy atom.